The fourth-order valence-electron chi connectivity index (χ4n) is 5.76. The van der Waals surface area contributed by atoms with Gasteiger partial charge in [-0.15, -0.1) is 0 Å². The summed E-state index contributed by atoms with van der Waals surface area (Å²) < 4.78 is 55.5. The van der Waals surface area contributed by atoms with E-state index >= 15 is 0 Å². The largest absolute Gasteiger partial charge is 0.481 e. The molecule has 0 radical (unpaired) electrons. The number of carbonyl (C=O) groups is 3. The SMILES string of the molecule is Cc1nc2c(-c3ncc(C(F)(F)F)cc3Cl)cc(N3CC(F)C3)nc2n1Cc1ccc2c(c1)CN([C@@H](CCC(=O)O)C(N)=O)C2=O. The van der Waals surface area contributed by atoms with Crippen molar-refractivity contribution in [3.05, 3.63) is 69.6 Å². The Morgan fingerprint density at radius 1 is 1.15 bits per heavy atom. The number of nitrogens with zero attached hydrogens (tertiary/aromatic N) is 6. The number of hydrogen-bond donors (Lipinski definition) is 2. The summed E-state index contributed by atoms with van der Waals surface area (Å²) in [5, 5.41) is 8.82. The van der Waals surface area contributed by atoms with E-state index in [-0.39, 0.29) is 49.7 Å². The topological polar surface area (TPSA) is 148 Å². The number of nitrogens with two attached hydrogens (primary N) is 1. The number of aryl methyl sites for hydroxylation is 1. The van der Waals surface area contributed by atoms with E-state index in [1.807, 2.05) is 0 Å². The number of anilines is 1. The van der Waals surface area contributed by atoms with Crippen LogP contribution in [0.4, 0.5) is 23.4 Å². The van der Waals surface area contributed by atoms with Crippen LogP contribution in [0.1, 0.15) is 45.7 Å². The van der Waals surface area contributed by atoms with Crippen LogP contribution in [0.5, 0.6) is 0 Å². The first kappa shape index (κ1) is 31.2. The number of carboxylic acids is 1. The van der Waals surface area contributed by atoms with Crippen molar-refractivity contribution in [2.45, 2.75) is 51.2 Å². The molecule has 1 aromatic carbocycles. The smallest absolute Gasteiger partial charge is 0.417 e. The van der Waals surface area contributed by atoms with Crippen molar-refractivity contribution >= 4 is 46.4 Å². The number of carbonyl (C=O) groups excluding carboxylic acids is 2. The first-order valence-corrected chi connectivity index (χ1v) is 14.5. The lowest BCUT2D eigenvalue weighted by molar-refractivity contribution is -0.138. The van der Waals surface area contributed by atoms with Gasteiger partial charge >= 0.3 is 12.1 Å². The molecule has 1 fully saturated rings. The third-order valence-electron chi connectivity index (χ3n) is 8.14. The van der Waals surface area contributed by atoms with Gasteiger partial charge in [0.2, 0.25) is 5.91 Å². The Labute approximate surface area is 263 Å². The second-order valence-electron chi connectivity index (χ2n) is 11.3. The Kier molecular flexibility index (Phi) is 7.82. The van der Waals surface area contributed by atoms with Crippen LogP contribution < -0.4 is 10.6 Å². The van der Waals surface area contributed by atoms with Gasteiger partial charge < -0.3 is 25.2 Å². The van der Waals surface area contributed by atoms with Gasteiger partial charge in [0, 0.05) is 30.3 Å². The highest BCUT2D eigenvalue weighted by Gasteiger charge is 2.36. The standard InChI is InChI=1S/C30H26ClF4N7O4/c1-14-38-26-20(25-21(31)7-17(9-37-25)30(33,34)35)8-23(40-12-18(32)13-40)39-28(26)41(14)10-15-2-3-19-16(6-15)11-42(29(19)46)22(27(36)45)4-5-24(43)44/h2-3,6-9,18,22H,4-5,10-13H2,1H3,(H2,36,45)(H,43,44)/t22-/m0/s1. The third kappa shape index (κ3) is 5.70. The average molecular weight is 660 g/mol. The van der Waals surface area contributed by atoms with Crippen molar-refractivity contribution in [2.24, 2.45) is 5.73 Å². The summed E-state index contributed by atoms with van der Waals surface area (Å²) in [5.41, 5.74) is 7.31. The monoisotopic (exact) mass is 659 g/mol. The fraction of sp³-hybridized carbons (Fsp3) is 0.333. The number of pyridine rings is 2. The highest BCUT2D eigenvalue weighted by Crippen LogP contribution is 2.38. The second-order valence-corrected chi connectivity index (χ2v) is 11.7. The van der Waals surface area contributed by atoms with Gasteiger partial charge in [-0.1, -0.05) is 23.7 Å². The van der Waals surface area contributed by atoms with Gasteiger partial charge in [-0.3, -0.25) is 19.4 Å². The van der Waals surface area contributed by atoms with E-state index < -0.39 is 41.7 Å². The quantitative estimate of drug-likeness (QED) is 0.252. The molecule has 1 saturated heterocycles. The van der Waals surface area contributed by atoms with E-state index in [0.717, 1.165) is 11.6 Å². The number of rotatable bonds is 9. The molecule has 46 heavy (non-hydrogen) atoms. The summed E-state index contributed by atoms with van der Waals surface area (Å²) in [6.45, 7) is 2.19. The molecule has 3 aromatic heterocycles. The van der Waals surface area contributed by atoms with Crippen molar-refractivity contribution in [1.82, 2.24) is 24.4 Å². The molecule has 0 unspecified atom stereocenters. The number of fused-ring (bicyclic) bond motifs is 2. The van der Waals surface area contributed by atoms with Crippen LogP contribution in [0.3, 0.4) is 0 Å². The van der Waals surface area contributed by atoms with Gasteiger partial charge in [0.15, 0.2) is 5.65 Å². The van der Waals surface area contributed by atoms with E-state index in [9.17, 15) is 31.9 Å². The number of imidazole rings is 1. The maximum absolute atomic E-state index is 13.8. The Morgan fingerprint density at radius 2 is 1.89 bits per heavy atom. The summed E-state index contributed by atoms with van der Waals surface area (Å²) in [7, 11) is 0. The third-order valence-corrected chi connectivity index (χ3v) is 8.43. The first-order chi connectivity index (χ1) is 21.7. The molecular weight excluding hydrogens is 634 g/mol. The molecule has 11 nitrogen and oxygen atoms in total. The first-order valence-electron chi connectivity index (χ1n) is 14.1. The van der Waals surface area contributed by atoms with Crippen molar-refractivity contribution < 1.29 is 37.1 Å². The lowest BCUT2D eigenvalue weighted by Gasteiger charge is -2.35. The van der Waals surface area contributed by atoms with E-state index in [1.165, 1.54) is 4.90 Å². The second kappa shape index (κ2) is 11.5. The molecule has 2 amide bonds. The van der Waals surface area contributed by atoms with Crippen molar-refractivity contribution in [1.29, 1.82) is 0 Å². The fourth-order valence-corrected chi connectivity index (χ4v) is 6.03. The van der Waals surface area contributed by atoms with Crippen LogP contribution in [0, 0.1) is 6.92 Å². The predicted molar refractivity (Wildman–Crippen MR) is 158 cm³/mol. The minimum absolute atomic E-state index is 0.0584. The highest BCUT2D eigenvalue weighted by atomic mass is 35.5. The summed E-state index contributed by atoms with van der Waals surface area (Å²) in [6, 6.07) is 6.42. The van der Waals surface area contributed by atoms with Crippen LogP contribution in [0.15, 0.2) is 36.5 Å². The molecule has 1 atom stereocenters. The molecule has 240 valence electrons. The number of primary amides is 1. The maximum Gasteiger partial charge on any atom is 0.417 e. The Morgan fingerprint density at radius 3 is 2.52 bits per heavy atom. The summed E-state index contributed by atoms with van der Waals surface area (Å²) >= 11 is 6.32. The molecule has 2 aliphatic heterocycles. The molecule has 4 aromatic rings. The number of carboxylic acid groups (broad SMARTS) is 1. The van der Waals surface area contributed by atoms with Crippen molar-refractivity contribution in [3.63, 3.8) is 0 Å². The summed E-state index contributed by atoms with van der Waals surface area (Å²) in [5.74, 6) is -1.46. The number of benzene rings is 1. The molecule has 0 spiro atoms. The molecule has 3 N–H and O–H groups in total. The molecule has 0 saturated carbocycles. The maximum atomic E-state index is 13.8. The van der Waals surface area contributed by atoms with Gasteiger partial charge in [-0.2, -0.15) is 13.2 Å². The Hall–Kier alpha value is -4.79. The van der Waals surface area contributed by atoms with Crippen molar-refractivity contribution in [3.8, 4) is 11.3 Å². The van der Waals surface area contributed by atoms with Crippen LogP contribution >= 0.6 is 11.6 Å². The zero-order chi connectivity index (χ0) is 33.1. The summed E-state index contributed by atoms with van der Waals surface area (Å²) in [6.07, 6.45) is -5.45. The number of alkyl halides is 4. The molecular formula is C30H26ClF4N7O4. The number of aliphatic carboxylic acids is 1. The van der Waals surface area contributed by atoms with Crippen molar-refractivity contribution in [2.75, 3.05) is 18.0 Å². The number of halogens is 5. The highest BCUT2D eigenvalue weighted by molar-refractivity contribution is 6.33. The Bertz CT molecular complexity index is 1910. The Balaban J connectivity index is 1.37. The minimum Gasteiger partial charge on any atom is -0.481 e. The predicted octanol–water partition coefficient (Wildman–Crippen LogP) is 4.35. The van der Waals surface area contributed by atoms with Crippen LogP contribution in [-0.2, 0) is 28.9 Å². The zero-order valence-corrected chi connectivity index (χ0v) is 24.9. The molecule has 5 heterocycles. The van der Waals surface area contributed by atoms with Gasteiger partial charge in [0.25, 0.3) is 5.91 Å². The number of aromatic nitrogens is 4. The van der Waals surface area contributed by atoms with Crippen LogP contribution in [0.2, 0.25) is 5.02 Å². The zero-order valence-electron chi connectivity index (χ0n) is 24.2. The molecule has 6 rings (SSSR count). The molecule has 0 bridgehead atoms. The molecule has 16 heteroatoms. The van der Waals surface area contributed by atoms with E-state index in [4.69, 9.17) is 27.4 Å². The van der Waals surface area contributed by atoms with E-state index in [0.29, 0.717) is 45.7 Å². The van der Waals surface area contributed by atoms with Crippen LogP contribution in [0.25, 0.3) is 22.4 Å². The number of hydrogen-bond acceptors (Lipinski definition) is 7. The van der Waals surface area contributed by atoms with Crippen LogP contribution in [-0.4, -0.2) is 72.6 Å². The van der Waals surface area contributed by atoms with Gasteiger partial charge in [-0.25, -0.2) is 14.4 Å². The van der Waals surface area contributed by atoms with Gasteiger partial charge in [0.05, 0.1) is 35.9 Å². The lowest BCUT2D eigenvalue weighted by Crippen LogP contribution is -2.48. The van der Waals surface area contributed by atoms with E-state index in [1.54, 1.807) is 40.7 Å². The lowest BCUT2D eigenvalue weighted by atomic mass is 10.1. The minimum atomic E-state index is -4.64. The normalized spacial score (nSPS) is 15.7. The average Bonchev–Trinajstić information content (AvgIpc) is 3.45. The van der Waals surface area contributed by atoms with E-state index in [2.05, 4.69) is 9.97 Å². The molecule has 2 aliphatic rings. The van der Waals surface area contributed by atoms with Gasteiger partial charge in [0.1, 0.15) is 29.4 Å². The molecule has 0 aliphatic carbocycles. The van der Waals surface area contributed by atoms with Gasteiger partial charge in [-0.05, 0) is 42.7 Å². The number of amides is 2. The summed E-state index contributed by atoms with van der Waals surface area (Å²) in [4.78, 5) is 52.7.